The number of phenols is 1. The number of aromatic hydroxyl groups is 1. The summed E-state index contributed by atoms with van der Waals surface area (Å²) >= 11 is 6.31. The van der Waals surface area contributed by atoms with E-state index in [4.69, 9.17) is 16.3 Å². The first-order valence-corrected chi connectivity index (χ1v) is 16.3. The number of phenolic OH excluding ortho intramolecular Hbond substituents is 1. The molecule has 0 saturated heterocycles. The second-order valence-corrected chi connectivity index (χ2v) is 14.6. The van der Waals surface area contributed by atoms with Crippen LogP contribution < -0.4 is 14.4 Å². The minimum absolute atomic E-state index is 0.0798. The summed E-state index contributed by atoms with van der Waals surface area (Å²) in [7, 11) is -3.76. The summed E-state index contributed by atoms with van der Waals surface area (Å²) in [5.74, 6) is 0.488. The first-order valence-electron chi connectivity index (χ1n) is 14.3. The van der Waals surface area contributed by atoms with Crippen molar-refractivity contribution in [2.24, 2.45) is 11.3 Å². The van der Waals surface area contributed by atoms with Crippen molar-refractivity contribution in [3.8, 4) is 11.5 Å². The van der Waals surface area contributed by atoms with E-state index in [1.165, 1.54) is 6.42 Å². The minimum atomic E-state index is -3.76. The van der Waals surface area contributed by atoms with E-state index >= 15 is 0 Å². The molecule has 7 nitrogen and oxygen atoms in total. The van der Waals surface area contributed by atoms with Gasteiger partial charge in [-0.05, 0) is 104 Å². The van der Waals surface area contributed by atoms with Crippen LogP contribution in [-0.4, -0.2) is 44.9 Å². The van der Waals surface area contributed by atoms with Gasteiger partial charge < -0.3 is 14.7 Å². The van der Waals surface area contributed by atoms with Crippen LogP contribution in [0, 0.1) is 11.3 Å². The highest BCUT2D eigenvalue weighted by atomic mass is 35.5. The van der Waals surface area contributed by atoms with Crippen LogP contribution in [0.3, 0.4) is 0 Å². The summed E-state index contributed by atoms with van der Waals surface area (Å²) in [5.41, 5.74) is 3.16. The number of halogens is 1. The standard InChI is InChI=1S/C31H37ClN2O5S/c1-30-11-4-2-3-5-14-40(37,38)33-29(36)22-8-9-28-26(16-22)34(18-23(30)10-13-30)19-31(20-39-28)12-6-7-21-15-25(32)27(35)17-24(21)31/h2-3,8-9,15-17,23,35H,4-7,10-14,18-20H2,1H3,(H,33,36)/b3-2+/t23-,30-,31-/m0/s1. The molecule has 214 valence electrons. The summed E-state index contributed by atoms with van der Waals surface area (Å²) in [6, 6.07) is 8.91. The van der Waals surface area contributed by atoms with Crippen molar-refractivity contribution in [1.82, 2.24) is 4.72 Å². The molecule has 0 aromatic heterocycles. The van der Waals surface area contributed by atoms with Crippen LogP contribution in [-0.2, 0) is 21.9 Å². The van der Waals surface area contributed by atoms with Gasteiger partial charge in [0, 0.05) is 24.1 Å². The number of ether oxygens (including phenoxy) is 1. The number of nitrogens with zero attached hydrogens (tertiary/aromatic N) is 1. The van der Waals surface area contributed by atoms with Gasteiger partial charge in [-0.2, -0.15) is 0 Å². The van der Waals surface area contributed by atoms with Crippen molar-refractivity contribution in [3.05, 3.63) is 64.2 Å². The molecule has 6 rings (SSSR count). The molecule has 2 bridgehead atoms. The zero-order chi connectivity index (χ0) is 28.1. The number of sulfonamides is 1. The van der Waals surface area contributed by atoms with E-state index < -0.39 is 15.9 Å². The zero-order valence-corrected chi connectivity index (χ0v) is 24.5. The highest BCUT2D eigenvalue weighted by Gasteiger charge is 2.46. The molecule has 1 saturated carbocycles. The third-order valence-corrected chi connectivity index (χ3v) is 11.3. The topological polar surface area (TPSA) is 95.9 Å². The lowest BCUT2D eigenvalue weighted by molar-refractivity contribution is 0.0460. The lowest BCUT2D eigenvalue weighted by atomic mass is 9.59. The van der Waals surface area contributed by atoms with E-state index in [9.17, 15) is 18.3 Å². The quantitative estimate of drug-likeness (QED) is 0.384. The van der Waals surface area contributed by atoms with Gasteiger partial charge in [-0.15, -0.1) is 0 Å². The number of allylic oxidation sites excluding steroid dienone is 2. The van der Waals surface area contributed by atoms with E-state index in [-0.39, 0.29) is 22.3 Å². The molecule has 1 fully saturated rings. The van der Waals surface area contributed by atoms with Crippen molar-refractivity contribution < 1.29 is 23.1 Å². The fourth-order valence-corrected chi connectivity index (χ4v) is 8.28. The van der Waals surface area contributed by atoms with Gasteiger partial charge in [0.2, 0.25) is 10.0 Å². The Labute approximate surface area is 241 Å². The first-order chi connectivity index (χ1) is 19.1. The molecule has 2 heterocycles. The van der Waals surface area contributed by atoms with Gasteiger partial charge in [0.15, 0.2) is 0 Å². The summed E-state index contributed by atoms with van der Waals surface area (Å²) in [5, 5.41) is 10.9. The monoisotopic (exact) mass is 584 g/mol. The van der Waals surface area contributed by atoms with Gasteiger partial charge in [0.25, 0.3) is 5.91 Å². The lowest BCUT2D eigenvalue weighted by Gasteiger charge is -2.50. The van der Waals surface area contributed by atoms with Gasteiger partial charge >= 0.3 is 0 Å². The average Bonchev–Trinajstić information content (AvgIpc) is 3.06. The Morgan fingerprint density at radius 3 is 2.75 bits per heavy atom. The predicted octanol–water partition coefficient (Wildman–Crippen LogP) is 5.73. The van der Waals surface area contributed by atoms with Crippen LogP contribution in [0.15, 0.2) is 42.5 Å². The molecule has 1 spiro atoms. The third kappa shape index (κ3) is 5.09. The van der Waals surface area contributed by atoms with E-state index in [0.29, 0.717) is 41.8 Å². The Morgan fingerprint density at radius 2 is 1.95 bits per heavy atom. The van der Waals surface area contributed by atoms with Gasteiger partial charge in [0.1, 0.15) is 11.5 Å². The second-order valence-electron chi connectivity index (χ2n) is 12.4. The lowest BCUT2D eigenvalue weighted by Crippen LogP contribution is -2.50. The maximum Gasteiger partial charge on any atom is 0.264 e. The number of fused-ring (bicyclic) bond motifs is 4. The fraction of sp³-hybridized carbons (Fsp3) is 0.516. The molecule has 2 aromatic carbocycles. The van der Waals surface area contributed by atoms with Gasteiger partial charge in [0.05, 0.1) is 23.1 Å². The number of carbonyl (C=O) groups is 1. The minimum Gasteiger partial charge on any atom is -0.506 e. The number of rotatable bonds is 0. The van der Waals surface area contributed by atoms with Crippen molar-refractivity contribution >= 4 is 33.2 Å². The van der Waals surface area contributed by atoms with Crippen molar-refractivity contribution in [3.63, 3.8) is 0 Å². The Morgan fingerprint density at radius 1 is 1.12 bits per heavy atom. The molecule has 9 heteroatoms. The maximum absolute atomic E-state index is 13.1. The third-order valence-electron chi connectivity index (χ3n) is 9.75. The van der Waals surface area contributed by atoms with Crippen molar-refractivity contribution in [2.75, 3.05) is 30.3 Å². The number of aryl methyl sites for hydroxylation is 1. The van der Waals surface area contributed by atoms with Crippen LogP contribution in [0.5, 0.6) is 11.5 Å². The van der Waals surface area contributed by atoms with Crippen molar-refractivity contribution in [2.45, 2.75) is 63.7 Å². The van der Waals surface area contributed by atoms with E-state index in [0.717, 1.165) is 61.9 Å². The molecule has 2 aliphatic heterocycles. The molecule has 40 heavy (non-hydrogen) atoms. The number of anilines is 1. The highest BCUT2D eigenvalue weighted by molar-refractivity contribution is 7.90. The summed E-state index contributed by atoms with van der Waals surface area (Å²) < 4.78 is 34.0. The van der Waals surface area contributed by atoms with Crippen LogP contribution >= 0.6 is 11.6 Å². The molecule has 4 aliphatic rings. The van der Waals surface area contributed by atoms with E-state index in [1.807, 2.05) is 18.2 Å². The number of hydrogen-bond acceptors (Lipinski definition) is 6. The van der Waals surface area contributed by atoms with Crippen LogP contribution in [0.4, 0.5) is 5.69 Å². The summed E-state index contributed by atoms with van der Waals surface area (Å²) in [6.45, 7) is 4.30. The zero-order valence-electron chi connectivity index (χ0n) is 22.9. The number of benzene rings is 2. The van der Waals surface area contributed by atoms with E-state index in [2.05, 4.69) is 22.6 Å². The second kappa shape index (κ2) is 10.3. The Bertz CT molecular complexity index is 1470. The Hall–Kier alpha value is -2.71. The maximum atomic E-state index is 13.1. The molecule has 2 aromatic rings. The fourth-order valence-electron chi connectivity index (χ4n) is 7.14. The Balaban J connectivity index is 1.43. The number of nitrogens with one attached hydrogen (secondary N) is 1. The SMILES string of the molecule is C[C@@]12CC/C=C/CCS(=O)(=O)NC(=O)c3ccc4c(c3)N(C[C@@H]1CC2)C[C@@]1(CCCc2cc(Cl)c(O)cc21)CO4. The highest BCUT2D eigenvalue weighted by Crippen LogP contribution is 2.52. The predicted molar refractivity (Wildman–Crippen MR) is 157 cm³/mol. The first kappa shape index (κ1) is 27.5. The average molecular weight is 585 g/mol. The molecule has 0 radical (unpaired) electrons. The number of carbonyl (C=O) groups excluding carboxylic acids is 1. The molecule has 2 aliphatic carbocycles. The van der Waals surface area contributed by atoms with Crippen LogP contribution in [0.2, 0.25) is 5.02 Å². The molecule has 0 unspecified atom stereocenters. The van der Waals surface area contributed by atoms with Gasteiger partial charge in [-0.3, -0.25) is 4.79 Å². The molecule has 2 N–H and O–H groups in total. The van der Waals surface area contributed by atoms with Crippen LogP contribution in [0.25, 0.3) is 0 Å². The molecular formula is C31H37ClN2O5S. The van der Waals surface area contributed by atoms with Crippen LogP contribution in [0.1, 0.15) is 73.4 Å². The number of amides is 1. The normalized spacial score (nSPS) is 30.6. The van der Waals surface area contributed by atoms with E-state index in [1.54, 1.807) is 18.2 Å². The Kier molecular flexibility index (Phi) is 7.06. The van der Waals surface area contributed by atoms with Crippen molar-refractivity contribution in [1.29, 1.82) is 0 Å². The molecule has 1 amide bonds. The summed E-state index contributed by atoms with van der Waals surface area (Å²) in [6.07, 6.45) is 11.4. The largest absolute Gasteiger partial charge is 0.506 e. The van der Waals surface area contributed by atoms with Gasteiger partial charge in [-0.25, -0.2) is 13.1 Å². The molecule has 3 atom stereocenters. The summed E-state index contributed by atoms with van der Waals surface area (Å²) in [4.78, 5) is 15.5. The smallest absolute Gasteiger partial charge is 0.264 e. The van der Waals surface area contributed by atoms with Gasteiger partial charge in [-0.1, -0.05) is 30.7 Å². The molecular weight excluding hydrogens is 548 g/mol. The number of hydrogen-bond donors (Lipinski definition) is 2.